The Balaban J connectivity index is 1.59. The Bertz CT molecular complexity index is 614. The van der Waals surface area contributed by atoms with Crippen molar-refractivity contribution in [1.29, 1.82) is 0 Å². The van der Waals surface area contributed by atoms with Gasteiger partial charge < -0.3 is 9.64 Å². The first-order valence-electron chi connectivity index (χ1n) is 7.29. The summed E-state index contributed by atoms with van der Waals surface area (Å²) in [6, 6.07) is 3.90. The second kappa shape index (κ2) is 7.17. The first kappa shape index (κ1) is 15.4. The number of nitrogens with zero attached hydrogens (tertiary/aromatic N) is 3. The predicted octanol–water partition coefficient (Wildman–Crippen LogP) is 3.16. The predicted molar refractivity (Wildman–Crippen MR) is 87.5 cm³/mol. The molecular weight excluding hydrogens is 320 g/mol. The summed E-state index contributed by atoms with van der Waals surface area (Å²) in [5, 5.41) is 14.5. The van der Waals surface area contributed by atoms with Crippen LogP contribution in [0.1, 0.15) is 29.3 Å². The van der Waals surface area contributed by atoms with Gasteiger partial charge in [0.05, 0.1) is 13.2 Å². The zero-order valence-corrected chi connectivity index (χ0v) is 14.0. The lowest BCUT2D eigenvalue weighted by Gasteiger charge is -2.32. The van der Waals surface area contributed by atoms with Crippen LogP contribution in [0.3, 0.4) is 0 Å². The molecule has 0 bridgehead atoms. The molecule has 22 heavy (non-hydrogen) atoms. The third-order valence-electron chi connectivity index (χ3n) is 3.36. The number of carbonyl (C=O) groups is 1. The van der Waals surface area contributed by atoms with Gasteiger partial charge in [0.2, 0.25) is 5.13 Å². The number of rotatable bonds is 4. The molecule has 1 fully saturated rings. The van der Waals surface area contributed by atoms with Crippen molar-refractivity contribution in [3.05, 3.63) is 27.4 Å². The molecule has 1 N–H and O–H groups in total. The van der Waals surface area contributed by atoms with E-state index < -0.39 is 0 Å². The standard InChI is InChI=1S/C14H18N4O2S2/c1-2-4-12-16-17-13(22-12)15-14(19)18-6-7-20-10(9-18)11-5-3-8-21-11/h3,5,8,10H,2,4,6-7,9H2,1H3,(H,15,17,19)/t10-/m1/s1. The number of amides is 2. The lowest BCUT2D eigenvalue weighted by Crippen LogP contribution is -2.44. The maximum atomic E-state index is 12.4. The molecule has 1 saturated heterocycles. The van der Waals surface area contributed by atoms with Gasteiger partial charge in [-0.3, -0.25) is 5.32 Å². The van der Waals surface area contributed by atoms with E-state index in [0.29, 0.717) is 24.8 Å². The van der Waals surface area contributed by atoms with Crippen LogP contribution in [0.15, 0.2) is 17.5 Å². The summed E-state index contributed by atoms with van der Waals surface area (Å²) in [5.74, 6) is 0. The Kier molecular flexibility index (Phi) is 5.01. The number of urea groups is 1. The molecule has 3 heterocycles. The molecule has 1 atom stereocenters. The van der Waals surface area contributed by atoms with Gasteiger partial charge in [-0.1, -0.05) is 24.3 Å². The van der Waals surface area contributed by atoms with E-state index in [0.717, 1.165) is 22.7 Å². The Labute approximate surface area is 137 Å². The fraction of sp³-hybridized carbons (Fsp3) is 0.500. The molecule has 0 saturated carbocycles. The Morgan fingerprint density at radius 2 is 2.45 bits per heavy atom. The van der Waals surface area contributed by atoms with E-state index in [-0.39, 0.29) is 12.1 Å². The molecule has 6 nitrogen and oxygen atoms in total. The van der Waals surface area contributed by atoms with Gasteiger partial charge in [0.15, 0.2) is 0 Å². The number of carbonyl (C=O) groups excluding carboxylic acids is 1. The summed E-state index contributed by atoms with van der Waals surface area (Å²) in [4.78, 5) is 15.3. The van der Waals surface area contributed by atoms with Crippen molar-refractivity contribution >= 4 is 33.8 Å². The van der Waals surface area contributed by atoms with Crippen molar-refractivity contribution < 1.29 is 9.53 Å². The summed E-state index contributed by atoms with van der Waals surface area (Å²) in [6.45, 7) is 3.80. The van der Waals surface area contributed by atoms with Crippen LogP contribution in [0.5, 0.6) is 0 Å². The van der Waals surface area contributed by atoms with E-state index in [1.807, 2.05) is 17.5 Å². The molecule has 2 aromatic heterocycles. The Hall–Kier alpha value is -1.51. The van der Waals surface area contributed by atoms with E-state index in [1.165, 1.54) is 11.3 Å². The van der Waals surface area contributed by atoms with Crippen LogP contribution in [0.4, 0.5) is 9.93 Å². The highest BCUT2D eigenvalue weighted by Gasteiger charge is 2.26. The number of aromatic nitrogens is 2. The number of hydrogen-bond acceptors (Lipinski definition) is 6. The van der Waals surface area contributed by atoms with Crippen LogP contribution in [-0.4, -0.2) is 40.8 Å². The second-order valence-corrected chi connectivity index (χ2v) is 7.04. The van der Waals surface area contributed by atoms with Crippen molar-refractivity contribution in [2.24, 2.45) is 0 Å². The minimum absolute atomic E-state index is 0.0374. The maximum absolute atomic E-state index is 12.4. The fourth-order valence-corrected chi connectivity index (χ4v) is 3.87. The molecule has 3 rings (SSSR count). The fourth-order valence-electron chi connectivity index (χ4n) is 2.27. The van der Waals surface area contributed by atoms with E-state index >= 15 is 0 Å². The van der Waals surface area contributed by atoms with Crippen molar-refractivity contribution in [3.63, 3.8) is 0 Å². The van der Waals surface area contributed by atoms with Crippen molar-refractivity contribution in [2.45, 2.75) is 25.9 Å². The summed E-state index contributed by atoms with van der Waals surface area (Å²) in [7, 11) is 0. The normalized spacial score (nSPS) is 18.4. The van der Waals surface area contributed by atoms with E-state index in [9.17, 15) is 4.79 Å². The molecule has 0 aromatic carbocycles. The van der Waals surface area contributed by atoms with Crippen LogP contribution in [-0.2, 0) is 11.2 Å². The number of anilines is 1. The van der Waals surface area contributed by atoms with Crippen molar-refractivity contribution in [3.8, 4) is 0 Å². The van der Waals surface area contributed by atoms with Gasteiger partial charge in [0, 0.05) is 17.8 Å². The Morgan fingerprint density at radius 1 is 1.55 bits per heavy atom. The molecule has 1 aliphatic rings. The van der Waals surface area contributed by atoms with Crippen LogP contribution in [0, 0.1) is 0 Å². The second-order valence-electron chi connectivity index (χ2n) is 5.00. The van der Waals surface area contributed by atoms with Gasteiger partial charge in [-0.15, -0.1) is 21.5 Å². The van der Waals surface area contributed by atoms with Crippen molar-refractivity contribution in [1.82, 2.24) is 15.1 Å². The topological polar surface area (TPSA) is 67.4 Å². The van der Waals surface area contributed by atoms with Gasteiger partial charge in [0.25, 0.3) is 0 Å². The smallest absolute Gasteiger partial charge is 0.323 e. The molecule has 0 radical (unpaired) electrons. The van der Waals surface area contributed by atoms with Crippen LogP contribution < -0.4 is 5.32 Å². The summed E-state index contributed by atoms with van der Waals surface area (Å²) >= 11 is 3.09. The number of nitrogens with one attached hydrogen (secondary N) is 1. The monoisotopic (exact) mass is 338 g/mol. The number of thiophene rings is 1. The summed E-state index contributed by atoms with van der Waals surface area (Å²) < 4.78 is 5.75. The molecular formula is C14H18N4O2S2. The average Bonchev–Trinajstić information content (AvgIpc) is 3.20. The lowest BCUT2D eigenvalue weighted by atomic mass is 10.2. The highest BCUT2D eigenvalue weighted by molar-refractivity contribution is 7.15. The minimum atomic E-state index is -0.135. The third-order valence-corrected chi connectivity index (χ3v) is 5.22. The zero-order chi connectivity index (χ0) is 15.4. The number of hydrogen-bond donors (Lipinski definition) is 1. The number of ether oxygens (including phenoxy) is 1. The number of morpholine rings is 1. The van der Waals surface area contributed by atoms with Crippen LogP contribution in [0.25, 0.3) is 0 Å². The molecule has 118 valence electrons. The molecule has 2 amide bonds. The van der Waals surface area contributed by atoms with Gasteiger partial charge in [-0.05, 0) is 17.9 Å². The highest BCUT2D eigenvalue weighted by atomic mass is 32.1. The van der Waals surface area contributed by atoms with Crippen molar-refractivity contribution in [2.75, 3.05) is 25.0 Å². The number of aryl methyl sites for hydroxylation is 1. The average molecular weight is 338 g/mol. The maximum Gasteiger partial charge on any atom is 0.323 e. The van der Waals surface area contributed by atoms with E-state index in [2.05, 4.69) is 22.4 Å². The molecule has 0 spiro atoms. The molecule has 8 heteroatoms. The molecule has 1 aliphatic heterocycles. The third kappa shape index (κ3) is 3.63. The lowest BCUT2D eigenvalue weighted by molar-refractivity contribution is -0.0115. The SMILES string of the molecule is CCCc1nnc(NC(=O)N2CCO[C@@H](c3cccs3)C2)s1. The van der Waals surface area contributed by atoms with E-state index in [1.54, 1.807) is 16.2 Å². The van der Waals surface area contributed by atoms with Gasteiger partial charge in [0.1, 0.15) is 11.1 Å². The Morgan fingerprint density at radius 3 is 3.23 bits per heavy atom. The first-order valence-corrected chi connectivity index (χ1v) is 8.99. The molecule has 0 unspecified atom stereocenters. The highest BCUT2D eigenvalue weighted by Crippen LogP contribution is 2.26. The molecule has 2 aromatic rings. The molecule has 0 aliphatic carbocycles. The summed E-state index contributed by atoms with van der Waals surface area (Å²) in [5.41, 5.74) is 0. The summed E-state index contributed by atoms with van der Waals surface area (Å²) in [6.07, 6.45) is 1.88. The van der Waals surface area contributed by atoms with Gasteiger partial charge in [-0.2, -0.15) is 0 Å². The zero-order valence-electron chi connectivity index (χ0n) is 12.3. The van der Waals surface area contributed by atoms with Crippen LogP contribution in [0.2, 0.25) is 0 Å². The van der Waals surface area contributed by atoms with Gasteiger partial charge >= 0.3 is 6.03 Å². The van der Waals surface area contributed by atoms with Gasteiger partial charge in [-0.25, -0.2) is 4.79 Å². The largest absolute Gasteiger partial charge is 0.369 e. The van der Waals surface area contributed by atoms with Crippen LogP contribution >= 0.6 is 22.7 Å². The minimum Gasteiger partial charge on any atom is -0.369 e. The first-order chi connectivity index (χ1) is 10.8. The van der Waals surface area contributed by atoms with E-state index in [4.69, 9.17) is 4.74 Å². The quantitative estimate of drug-likeness (QED) is 0.930.